The molecule has 1 unspecified atom stereocenters. The molecule has 4 nitrogen and oxygen atoms in total. The minimum atomic E-state index is -4.49. The van der Waals surface area contributed by atoms with Crippen LogP contribution in [0.4, 0.5) is 13.2 Å². The zero-order chi connectivity index (χ0) is 19.5. The van der Waals surface area contributed by atoms with Crippen LogP contribution in [-0.4, -0.2) is 19.1 Å². The van der Waals surface area contributed by atoms with Crippen molar-refractivity contribution < 1.29 is 13.2 Å². The summed E-state index contributed by atoms with van der Waals surface area (Å²) in [6.45, 7) is 1.93. The second kappa shape index (κ2) is 6.13. The zero-order valence-electron chi connectivity index (χ0n) is 14.7. The maximum Gasteiger partial charge on any atom is 0.449 e. The summed E-state index contributed by atoms with van der Waals surface area (Å²) in [5, 5.41) is 0. The van der Waals surface area contributed by atoms with Gasteiger partial charge in [-0.25, -0.2) is 9.97 Å². The van der Waals surface area contributed by atoms with E-state index in [1.807, 2.05) is 36.7 Å². The largest absolute Gasteiger partial charge is 0.449 e. The smallest absolute Gasteiger partial charge is 0.331 e. The van der Waals surface area contributed by atoms with Gasteiger partial charge in [0.15, 0.2) is 0 Å². The van der Waals surface area contributed by atoms with Gasteiger partial charge in [0.2, 0.25) is 5.82 Å². The number of aromatic nitrogens is 4. The van der Waals surface area contributed by atoms with Gasteiger partial charge in [-0.05, 0) is 54.5 Å². The lowest BCUT2D eigenvalue weighted by Gasteiger charge is -2.08. The molecule has 0 spiro atoms. The number of alkyl halides is 3. The van der Waals surface area contributed by atoms with Crippen LogP contribution in [0.3, 0.4) is 0 Å². The highest BCUT2D eigenvalue weighted by Gasteiger charge is 2.36. The first kappa shape index (κ1) is 18.1. The SMILES string of the molecule is Cc1nc2ccc(S(=S)c3ccc4nc(C(F)(F)F)n(C)c4c3)cc2n1C. The normalized spacial score (nSPS) is 13.6. The molecule has 0 radical (unpaired) electrons. The minimum absolute atomic E-state index is 0.304. The molecule has 0 N–H and O–H groups in total. The van der Waals surface area contributed by atoms with Gasteiger partial charge in [0.1, 0.15) is 5.82 Å². The van der Waals surface area contributed by atoms with Crippen molar-refractivity contribution in [3.8, 4) is 0 Å². The van der Waals surface area contributed by atoms with Crippen molar-refractivity contribution in [2.45, 2.75) is 22.9 Å². The van der Waals surface area contributed by atoms with Gasteiger partial charge >= 0.3 is 6.18 Å². The Balaban J connectivity index is 1.81. The second-order valence-electron chi connectivity index (χ2n) is 6.28. The molecule has 2 heterocycles. The molecule has 0 amide bonds. The van der Waals surface area contributed by atoms with Crippen molar-refractivity contribution in [1.29, 1.82) is 0 Å². The molecule has 1 atom stereocenters. The van der Waals surface area contributed by atoms with Gasteiger partial charge in [-0.15, -0.1) is 0 Å². The summed E-state index contributed by atoms with van der Waals surface area (Å²) in [7, 11) is 2.60. The molecule has 4 rings (SSSR count). The third-order valence-electron chi connectivity index (χ3n) is 4.61. The van der Waals surface area contributed by atoms with E-state index in [4.69, 9.17) is 11.2 Å². The Bertz CT molecular complexity index is 1220. The highest BCUT2D eigenvalue weighted by Crippen LogP contribution is 2.32. The van der Waals surface area contributed by atoms with E-state index in [0.29, 0.717) is 11.0 Å². The molecule has 2 aromatic carbocycles. The lowest BCUT2D eigenvalue weighted by Crippen LogP contribution is -2.12. The van der Waals surface area contributed by atoms with Gasteiger partial charge in [0.05, 0.1) is 22.1 Å². The van der Waals surface area contributed by atoms with E-state index in [1.54, 1.807) is 18.2 Å². The Morgan fingerprint density at radius 1 is 0.889 bits per heavy atom. The molecule has 0 saturated heterocycles. The summed E-state index contributed by atoms with van der Waals surface area (Å²) in [6, 6.07) is 10.9. The van der Waals surface area contributed by atoms with Crippen LogP contribution in [0.2, 0.25) is 0 Å². The number of nitrogens with zero attached hydrogens (tertiary/aromatic N) is 4. The Morgan fingerprint density at radius 3 is 1.96 bits per heavy atom. The first-order chi connectivity index (χ1) is 12.7. The molecule has 0 saturated carbocycles. The van der Waals surface area contributed by atoms with E-state index in [2.05, 4.69) is 9.97 Å². The number of rotatable bonds is 2. The average molecular weight is 408 g/mol. The molecule has 27 heavy (non-hydrogen) atoms. The number of aryl methyl sites for hydroxylation is 3. The monoisotopic (exact) mass is 408 g/mol. The highest BCUT2D eigenvalue weighted by molar-refractivity contribution is 8.28. The molecular formula is C18H15F3N4S2. The second-order valence-corrected chi connectivity index (χ2v) is 8.76. The van der Waals surface area contributed by atoms with Gasteiger partial charge < -0.3 is 9.13 Å². The molecule has 2 aromatic heterocycles. The van der Waals surface area contributed by atoms with Crippen molar-refractivity contribution in [2.24, 2.45) is 14.1 Å². The molecule has 0 aliphatic heterocycles. The molecular weight excluding hydrogens is 393 g/mol. The molecule has 140 valence electrons. The van der Waals surface area contributed by atoms with Gasteiger partial charge in [0, 0.05) is 23.9 Å². The standard InChI is InChI=1S/C18H15F3N4S2/c1-10-22-13-6-4-11(8-15(13)24(10)2)27(26)12-5-7-14-16(9-12)25(3)17(23-14)18(19,20)21/h4-9H,1-3H3. The van der Waals surface area contributed by atoms with E-state index in [9.17, 15) is 13.2 Å². The number of hydrogen-bond acceptors (Lipinski definition) is 3. The first-order valence-electron chi connectivity index (χ1n) is 8.05. The maximum atomic E-state index is 13.1. The fourth-order valence-corrected chi connectivity index (χ4v) is 4.79. The zero-order valence-corrected chi connectivity index (χ0v) is 16.3. The third kappa shape index (κ3) is 2.94. The summed E-state index contributed by atoms with van der Waals surface area (Å²) in [6.07, 6.45) is -4.49. The van der Waals surface area contributed by atoms with Crippen molar-refractivity contribution in [2.75, 3.05) is 0 Å². The number of imidazole rings is 2. The summed E-state index contributed by atoms with van der Waals surface area (Å²) in [5.74, 6) is -0.00642. The highest BCUT2D eigenvalue weighted by atomic mass is 32.8. The lowest BCUT2D eigenvalue weighted by molar-refractivity contribution is -0.146. The fraction of sp³-hybridized carbons (Fsp3) is 0.222. The topological polar surface area (TPSA) is 35.6 Å². The molecule has 0 aliphatic rings. The molecule has 4 aromatic rings. The third-order valence-corrected chi connectivity index (χ3v) is 7.13. The summed E-state index contributed by atoms with van der Waals surface area (Å²) < 4.78 is 42.3. The number of hydrogen-bond donors (Lipinski definition) is 0. The van der Waals surface area contributed by atoms with Crippen LogP contribution in [0.25, 0.3) is 22.1 Å². The van der Waals surface area contributed by atoms with Crippen molar-refractivity contribution >= 4 is 42.7 Å². The number of halogens is 3. The van der Waals surface area contributed by atoms with Crippen LogP contribution in [-0.2, 0) is 40.9 Å². The van der Waals surface area contributed by atoms with Crippen molar-refractivity contribution in [3.05, 3.63) is 48.0 Å². The predicted octanol–water partition coefficient (Wildman–Crippen LogP) is 4.29. The van der Waals surface area contributed by atoms with Crippen LogP contribution in [0.1, 0.15) is 11.6 Å². The van der Waals surface area contributed by atoms with Gasteiger partial charge in [-0.2, -0.15) is 13.2 Å². The van der Waals surface area contributed by atoms with E-state index < -0.39 is 21.5 Å². The number of benzene rings is 2. The summed E-state index contributed by atoms with van der Waals surface area (Å²) >= 11 is 5.72. The van der Waals surface area contributed by atoms with Crippen molar-refractivity contribution in [1.82, 2.24) is 19.1 Å². The minimum Gasteiger partial charge on any atom is -0.331 e. The maximum absolute atomic E-state index is 13.1. The fourth-order valence-electron chi connectivity index (χ4n) is 3.08. The van der Waals surface area contributed by atoms with Crippen LogP contribution in [0.15, 0.2) is 46.2 Å². The van der Waals surface area contributed by atoms with Gasteiger partial charge in [-0.1, -0.05) is 9.45 Å². The van der Waals surface area contributed by atoms with E-state index in [1.165, 1.54) is 7.05 Å². The molecule has 0 fully saturated rings. The molecule has 9 heteroatoms. The van der Waals surface area contributed by atoms with Gasteiger partial charge in [-0.3, -0.25) is 0 Å². The van der Waals surface area contributed by atoms with Gasteiger partial charge in [0.25, 0.3) is 0 Å². The van der Waals surface area contributed by atoms with Crippen LogP contribution in [0.5, 0.6) is 0 Å². The van der Waals surface area contributed by atoms with Crippen molar-refractivity contribution in [3.63, 3.8) is 0 Å². The van der Waals surface area contributed by atoms with E-state index in [0.717, 1.165) is 31.2 Å². The van der Waals surface area contributed by atoms with E-state index >= 15 is 0 Å². The van der Waals surface area contributed by atoms with Crippen LogP contribution < -0.4 is 0 Å². The van der Waals surface area contributed by atoms with Crippen LogP contribution in [0, 0.1) is 6.92 Å². The van der Waals surface area contributed by atoms with E-state index in [-0.39, 0.29) is 0 Å². The number of fused-ring (bicyclic) bond motifs is 2. The molecule has 0 aliphatic carbocycles. The Morgan fingerprint density at radius 2 is 1.41 bits per heavy atom. The first-order valence-corrected chi connectivity index (χ1v) is 10.2. The average Bonchev–Trinajstić information content (AvgIpc) is 3.11. The Hall–Kier alpha value is -2.26. The lowest BCUT2D eigenvalue weighted by atomic mass is 10.3. The van der Waals surface area contributed by atoms with Crippen LogP contribution >= 0.6 is 0 Å². The summed E-state index contributed by atoms with van der Waals surface area (Å²) in [4.78, 5) is 9.90. The molecule has 0 bridgehead atoms. The Labute approximate surface area is 160 Å². The Kier molecular flexibility index (Phi) is 4.12. The summed E-state index contributed by atoms with van der Waals surface area (Å²) in [5.41, 5.74) is 2.59. The predicted molar refractivity (Wildman–Crippen MR) is 102 cm³/mol. The quantitative estimate of drug-likeness (QED) is 0.497.